The van der Waals surface area contributed by atoms with Crippen molar-refractivity contribution in [2.24, 2.45) is 0 Å². The monoisotopic (exact) mass is 416 g/mol. The van der Waals surface area contributed by atoms with Crippen molar-refractivity contribution >= 4 is 11.9 Å². The number of nitrogens with zero attached hydrogens (tertiary/aromatic N) is 6. The van der Waals surface area contributed by atoms with Crippen molar-refractivity contribution in [2.75, 3.05) is 31.1 Å². The fraction of sp³-hybridized carbons (Fsp3) is 0.300. The van der Waals surface area contributed by atoms with Crippen LogP contribution < -0.4 is 4.90 Å². The highest BCUT2D eigenvalue weighted by Gasteiger charge is 2.42. The van der Waals surface area contributed by atoms with Crippen LogP contribution in [0.4, 0.5) is 19.1 Å². The van der Waals surface area contributed by atoms with Gasteiger partial charge in [-0.1, -0.05) is 18.2 Å². The first kappa shape index (κ1) is 19.9. The molecule has 10 heteroatoms. The van der Waals surface area contributed by atoms with Crippen molar-refractivity contribution in [1.29, 1.82) is 0 Å². The Kier molecular flexibility index (Phi) is 5.15. The molecule has 3 aromatic rings. The van der Waals surface area contributed by atoms with Crippen molar-refractivity contribution < 1.29 is 18.0 Å². The molecule has 3 heterocycles. The van der Waals surface area contributed by atoms with Gasteiger partial charge < -0.3 is 9.80 Å². The third kappa shape index (κ3) is 3.72. The predicted molar refractivity (Wildman–Crippen MR) is 103 cm³/mol. The fourth-order valence-corrected chi connectivity index (χ4v) is 3.50. The number of para-hydroxylation sites is 1. The van der Waals surface area contributed by atoms with Gasteiger partial charge in [0.2, 0.25) is 5.95 Å². The molecule has 1 aliphatic rings. The Hall–Kier alpha value is -3.43. The SMILES string of the molecule is Cc1ccccc1-n1ncc(C(=O)N2CCN(c3ncccn3)CC2)c1C(F)(F)F. The van der Waals surface area contributed by atoms with Crippen LogP contribution in [0, 0.1) is 6.92 Å². The number of alkyl halides is 3. The molecule has 30 heavy (non-hydrogen) atoms. The van der Waals surface area contributed by atoms with Crippen LogP contribution in [-0.4, -0.2) is 56.7 Å². The Morgan fingerprint density at radius 2 is 1.67 bits per heavy atom. The number of aryl methyl sites for hydroxylation is 1. The van der Waals surface area contributed by atoms with Gasteiger partial charge in [0.1, 0.15) is 0 Å². The van der Waals surface area contributed by atoms with E-state index in [2.05, 4.69) is 15.1 Å². The summed E-state index contributed by atoms with van der Waals surface area (Å²) >= 11 is 0. The second-order valence-electron chi connectivity index (χ2n) is 6.93. The van der Waals surface area contributed by atoms with Crippen molar-refractivity contribution in [1.82, 2.24) is 24.6 Å². The first-order valence-corrected chi connectivity index (χ1v) is 9.38. The van der Waals surface area contributed by atoms with Gasteiger partial charge in [-0.2, -0.15) is 18.3 Å². The zero-order valence-electron chi connectivity index (χ0n) is 16.2. The normalized spacial score (nSPS) is 14.8. The quantitative estimate of drug-likeness (QED) is 0.657. The number of rotatable bonds is 3. The molecule has 1 saturated heterocycles. The molecule has 0 atom stereocenters. The molecule has 1 fully saturated rings. The molecular weight excluding hydrogens is 397 g/mol. The zero-order valence-corrected chi connectivity index (χ0v) is 16.2. The van der Waals surface area contributed by atoms with Crippen LogP contribution in [0.5, 0.6) is 0 Å². The minimum Gasteiger partial charge on any atom is -0.337 e. The Labute approximate surface area is 170 Å². The third-order valence-corrected chi connectivity index (χ3v) is 5.01. The van der Waals surface area contributed by atoms with Gasteiger partial charge in [0.15, 0.2) is 5.69 Å². The maximum Gasteiger partial charge on any atom is 0.434 e. The van der Waals surface area contributed by atoms with Gasteiger partial charge in [-0.3, -0.25) is 4.79 Å². The predicted octanol–water partition coefficient (Wildman–Crippen LogP) is 2.95. The summed E-state index contributed by atoms with van der Waals surface area (Å²) in [5.74, 6) is -0.149. The topological polar surface area (TPSA) is 67.2 Å². The van der Waals surface area contributed by atoms with Crippen molar-refractivity contribution in [3.63, 3.8) is 0 Å². The number of hydrogen-bond donors (Lipinski definition) is 0. The summed E-state index contributed by atoms with van der Waals surface area (Å²) in [4.78, 5) is 24.6. The summed E-state index contributed by atoms with van der Waals surface area (Å²) < 4.78 is 42.5. The Morgan fingerprint density at radius 1 is 1.00 bits per heavy atom. The number of halogens is 3. The van der Waals surface area contributed by atoms with Gasteiger partial charge in [-0.05, 0) is 24.6 Å². The van der Waals surface area contributed by atoms with Gasteiger partial charge in [0.05, 0.1) is 17.4 Å². The summed E-state index contributed by atoms with van der Waals surface area (Å²) in [6.07, 6.45) is -0.487. The average Bonchev–Trinajstić information content (AvgIpc) is 3.20. The van der Waals surface area contributed by atoms with Crippen LogP contribution in [0.15, 0.2) is 48.9 Å². The fourth-order valence-electron chi connectivity index (χ4n) is 3.50. The summed E-state index contributed by atoms with van der Waals surface area (Å²) in [6.45, 7) is 3.10. The van der Waals surface area contributed by atoms with E-state index in [-0.39, 0.29) is 18.8 Å². The maximum atomic E-state index is 13.9. The second kappa shape index (κ2) is 7.77. The summed E-state index contributed by atoms with van der Waals surface area (Å²) in [7, 11) is 0. The van der Waals surface area contributed by atoms with Crippen molar-refractivity contribution in [2.45, 2.75) is 13.1 Å². The van der Waals surface area contributed by atoms with Gasteiger partial charge in [-0.15, -0.1) is 0 Å². The molecule has 0 N–H and O–H groups in total. The van der Waals surface area contributed by atoms with Crippen molar-refractivity contribution in [3.8, 4) is 5.69 Å². The highest BCUT2D eigenvalue weighted by molar-refractivity contribution is 5.95. The molecule has 0 bridgehead atoms. The largest absolute Gasteiger partial charge is 0.434 e. The summed E-state index contributed by atoms with van der Waals surface area (Å²) in [6, 6.07) is 8.32. The number of benzene rings is 1. The molecule has 0 unspecified atom stereocenters. The van der Waals surface area contributed by atoms with Crippen LogP contribution in [0.1, 0.15) is 21.6 Å². The van der Waals surface area contributed by atoms with Gasteiger partial charge in [0, 0.05) is 38.6 Å². The van der Waals surface area contributed by atoms with Gasteiger partial charge in [-0.25, -0.2) is 14.6 Å². The number of carbonyl (C=O) groups is 1. The van der Waals surface area contributed by atoms with E-state index in [4.69, 9.17) is 0 Å². The molecule has 7 nitrogen and oxygen atoms in total. The molecule has 1 amide bonds. The number of hydrogen-bond acceptors (Lipinski definition) is 5. The van der Waals surface area contributed by atoms with E-state index in [9.17, 15) is 18.0 Å². The van der Waals surface area contributed by atoms with E-state index in [1.54, 1.807) is 49.6 Å². The lowest BCUT2D eigenvalue weighted by Gasteiger charge is -2.34. The van der Waals surface area contributed by atoms with Crippen LogP contribution >= 0.6 is 0 Å². The van der Waals surface area contributed by atoms with Crippen LogP contribution in [-0.2, 0) is 6.18 Å². The number of amides is 1. The van der Waals surface area contributed by atoms with Gasteiger partial charge in [0.25, 0.3) is 5.91 Å². The Balaban J connectivity index is 1.60. The van der Waals surface area contributed by atoms with Crippen molar-refractivity contribution in [3.05, 3.63) is 65.7 Å². The molecule has 1 aliphatic heterocycles. The molecule has 0 saturated carbocycles. The highest BCUT2D eigenvalue weighted by atomic mass is 19.4. The van der Waals surface area contributed by atoms with E-state index in [0.29, 0.717) is 24.6 Å². The molecule has 0 radical (unpaired) electrons. The minimum absolute atomic E-state index is 0.268. The first-order valence-electron chi connectivity index (χ1n) is 9.38. The van der Waals surface area contributed by atoms with E-state index in [1.165, 1.54) is 4.90 Å². The van der Waals surface area contributed by atoms with E-state index in [0.717, 1.165) is 10.9 Å². The number of piperazine rings is 1. The molecule has 4 rings (SSSR count). The number of anilines is 1. The number of carbonyl (C=O) groups excluding carboxylic acids is 1. The minimum atomic E-state index is -4.73. The first-order chi connectivity index (χ1) is 14.4. The number of aromatic nitrogens is 4. The highest BCUT2D eigenvalue weighted by Crippen LogP contribution is 2.35. The molecule has 156 valence electrons. The van der Waals surface area contributed by atoms with Crippen LogP contribution in [0.25, 0.3) is 5.69 Å². The molecule has 0 spiro atoms. The lowest BCUT2D eigenvalue weighted by atomic mass is 10.1. The summed E-state index contributed by atoms with van der Waals surface area (Å²) in [5.41, 5.74) is -0.595. The molecule has 0 aliphatic carbocycles. The lowest BCUT2D eigenvalue weighted by molar-refractivity contribution is -0.143. The van der Waals surface area contributed by atoms with Gasteiger partial charge >= 0.3 is 6.18 Å². The lowest BCUT2D eigenvalue weighted by Crippen LogP contribution is -2.49. The van der Waals surface area contributed by atoms with E-state index < -0.39 is 23.3 Å². The second-order valence-corrected chi connectivity index (χ2v) is 6.93. The standard InChI is InChI=1S/C20H19F3N6O/c1-14-5-2-3-6-16(14)29-17(20(21,22)23)15(13-26-29)18(30)27-9-11-28(12-10-27)19-24-7-4-8-25-19/h2-8,13H,9-12H2,1H3. The summed E-state index contributed by atoms with van der Waals surface area (Å²) in [5, 5.41) is 3.91. The van der Waals surface area contributed by atoms with E-state index >= 15 is 0 Å². The Morgan fingerprint density at radius 3 is 2.30 bits per heavy atom. The molecule has 1 aromatic carbocycles. The molecular formula is C20H19F3N6O. The van der Waals surface area contributed by atoms with E-state index in [1.807, 2.05) is 4.90 Å². The zero-order chi connectivity index (χ0) is 21.3. The Bertz CT molecular complexity index is 1040. The average molecular weight is 416 g/mol. The third-order valence-electron chi connectivity index (χ3n) is 5.01. The molecule has 2 aromatic heterocycles. The van der Waals surface area contributed by atoms with Crippen LogP contribution in [0.3, 0.4) is 0 Å². The maximum absolute atomic E-state index is 13.9. The smallest absolute Gasteiger partial charge is 0.337 e. The van der Waals surface area contributed by atoms with Crippen LogP contribution in [0.2, 0.25) is 0 Å².